The van der Waals surface area contributed by atoms with Crippen LogP contribution in [0.25, 0.3) is 0 Å². The molecule has 1 aliphatic rings. The van der Waals surface area contributed by atoms with Crippen LogP contribution in [0.2, 0.25) is 0 Å². The molecule has 2 rings (SSSR count). The third kappa shape index (κ3) is 5.10. The van der Waals surface area contributed by atoms with Gasteiger partial charge in [-0.3, -0.25) is 19.2 Å². The highest BCUT2D eigenvalue weighted by molar-refractivity contribution is 8.13. The standard InChI is InChI=1S/C15H16N2O5S/c1-10(18)11-2-4-12(5-3-11)16-13(19)9-22-14(20)8-17-6-7-23-15(17)21/h2-5H,6-9H2,1H3,(H,16,19). The number of esters is 1. The maximum Gasteiger partial charge on any atom is 0.326 e. The van der Waals surface area contributed by atoms with Gasteiger partial charge in [-0.15, -0.1) is 0 Å². The van der Waals surface area contributed by atoms with E-state index in [-0.39, 0.29) is 17.6 Å². The molecular formula is C15H16N2O5S. The fourth-order valence-electron chi connectivity index (χ4n) is 1.90. The Morgan fingerprint density at radius 1 is 1.26 bits per heavy atom. The predicted octanol–water partition coefficient (Wildman–Crippen LogP) is 1.54. The van der Waals surface area contributed by atoms with Crippen LogP contribution in [0.1, 0.15) is 17.3 Å². The SMILES string of the molecule is CC(=O)c1ccc(NC(=O)COC(=O)CN2CCSC2=O)cc1. The van der Waals surface area contributed by atoms with E-state index in [9.17, 15) is 19.2 Å². The largest absolute Gasteiger partial charge is 0.454 e. The van der Waals surface area contributed by atoms with Gasteiger partial charge in [-0.2, -0.15) is 0 Å². The van der Waals surface area contributed by atoms with E-state index in [1.165, 1.54) is 11.8 Å². The number of rotatable bonds is 6. The molecule has 1 saturated heterocycles. The van der Waals surface area contributed by atoms with E-state index in [4.69, 9.17) is 4.74 Å². The molecule has 0 aromatic heterocycles. The number of thioether (sulfide) groups is 1. The third-order valence-corrected chi connectivity index (χ3v) is 4.00. The summed E-state index contributed by atoms with van der Waals surface area (Å²) in [7, 11) is 0. The highest BCUT2D eigenvalue weighted by atomic mass is 32.2. The average molecular weight is 336 g/mol. The van der Waals surface area contributed by atoms with Crippen molar-refractivity contribution in [3.63, 3.8) is 0 Å². The Balaban J connectivity index is 1.75. The second kappa shape index (κ2) is 7.77. The van der Waals surface area contributed by atoms with Gasteiger partial charge < -0.3 is 15.0 Å². The van der Waals surface area contributed by atoms with E-state index in [2.05, 4.69) is 5.32 Å². The van der Waals surface area contributed by atoms with Crippen LogP contribution < -0.4 is 5.32 Å². The van der Waals surface area contributed by atoms with Crippen molar-refractivity contribution in [3.8, 4) is 0 Å². The number of carbonyl (C=O) groups excluding carboxylic acids is 4. The lowest BCUT2D eigenvalue weighted by Crippen LogP contribution is -2.32. The first kappa shape index (κ1) is 17.0. The first-order valence-corrected chi connectivity index (χ1v) is 7.92. The highest BCUT2D eigenvalue weighted by Crippen LogP contribution is 2.16. The van der Waals surface area contributed by atoms with Gasteiger partial charge in [0.1, 0.15) is 6.54 Å². The Labute approximate surface area is 137 Å². The molecule has 1 aromatic carbocycles. The van der Waals surface area contributed by atoms with E-state index >= 15 is 0 Å². The minimum Gasteiger partial charge on any atom is -0.454 e. The number of amides is 2. The molecule has 0 saturated carbocycles. The van der Waals surface area contributed by atoms with Gasteiger partial charge in [-0.25, -0.2) is 0 Å². The molecule has 0 unspecified atom stereocenters. The molecule has 0 bridgehead atoms. The van der Waals surface area contributed by atoms with E-state index in [1.54, 1.807) is 24.3 Å². The molecule has 1 aliphatic heterocycles. The number of hydrogen-bond acceptors (Lipinski definition) is 6. The summed E-state index contributed by atoms with van der Waals surface area (Å²) in [4.78, 5) is 47.1. The summed E-state index contributed by atoms with van der Waals surface area (Å²) in [5.74, 6) is -0.520. The van der Waals surface area contributed by atoms with Crippen LogP contribution in [0.4, 0.5) is 10.5 Å². The smallest absolute Gasteiger partial charge is 0.326 e. The Morgan fingerprint density at radius 3 is 2.52 bits per heavy atom. The van der Waals surface area contributed by atoms with Crippen molar-refractivity contribution in [2.45, 2.75) is 6.92 Å². The van der Waals surface area contributed by atoms with Crippen LogP contribution in [0.5, 0.6) is 0 Å². The van der Waals surface area contributed by atoms with E-state index in [1.807, 2.05) is 0 Å². The van der Waals surface area contributed by atoms with Gasteiger partial charge in [-0.05, 0) is 31.2 Å². The molecule has 8 heteroatoms. The molecule has 1 N–H and O–H groups in total. The average Bonchev–Trinajstić information content (AvgIpc) is 2.91. The first-order valence-electron chi connectivity index (χ1n) is 6.94. The molecule has 1 aromatic rings. The van der Waals surface area contributed by atoms with Gasteiger partial charge in [0.05, 0.1) is 0 Å². The molecule has 0 radical (unpaired) electrons. The Bertz CT molecular complexity index is 629. The summed E-state index contributed by atoms with van der Waals surface area (Å²) < 4.78 is 4.84. The third-order valence-electron chi connectivity index (χ3n) is 3.10. The summed E-state index contributed by atoms with van der Waals surface area (Å²) in [6.07, 6.45) is 0. The van der Waals surface area contributed by atoms with Gasteiger partial charge in [-0.1, -0.05) is 11.8 Å². The van der Waals surface area contributed by atoms with Crippen molar-refractivity contribution in [3.05, 3.63) is 29.8 Å². The minimum atomic E-state index is -0.622. The van der Waals surface area contributed by atoms with Crippen LogP contribution >= 0.6 is 11.8 Å². The number of anilines is 1. The number of hydrogen-bond donors (Lipinski definition) is 1. The number of ketones is 1. The Morgan fingerprint density at radius 2 is 1.96 bits per heavy atom. The normalized spacial score (nSPS) is 13.8. The molecule has 122 valence electrons. The molecular weight excluding hydrogens is 320 g/mol. The van der Waals surface area contributed by atoms with Crippen molar-refractivity contribution in [2.75, 3.05) is 30.8 Å². The Kier molecular flexibility index (Phi) is 5.75. The number of benzene rings is 1. The van der Waals surface area contributed by atoms with Crippen molar-refractivity contribution in [1.82, 2.24) is 4.90 Å². The van der Waals surface area contributed by atoms with E-state index in [0.717, 1.165) is 11.8 Å². The summed E-state index contributed by atoms with van der Waals surface area (Å²) >= 11 is 1.15. The maximum absolute atomic E-state index is 11.7. The monoisotopic (exact) mass is 336 g/mol. The second-order valence-electron chi connectivity index (χ2n) is 4.88. The molecule has 1 fully saturated rings. The topological polar surface area (TPSA) is 92.8 Å². The van der Waals surface area contributed by atoms with Crippen LogP contribution in [0.3, 0.4) is 0 Å². The van der Waals surface area contributed by atoms with E-state index < -0.39 is 18.5 Å². The number of Topliss-reactive ketones (excluding diaryl/α,β-unsaturated/α-hetero) is 1. The number of nitrogens with one attached hydrogen (secondary N) is 1. The van der Waals surface area contributed by atoms with Crippen LogP contribution in [-0.4, -0.2) is 53.2 Å². The predicted molar refractivity (Wildman–Crippen MR) is 85.5 cm³/mol. The first-order chi connectivity index (χ1) is 11.0. The zero-order chi connectivity index (χ0) is 16.8. The van der Waals surface area contributed by atoms with Crippen LogP contribution in [-0.2, 0) is 14.3 Å². The lowest BCUT2D eigenvalue weighted by molar-refractivity contribution is -0.147. The van der Waals surface area contributed by atoms with E-state index in [0.29, 0.717) is 23.5 Å². The summed E-state index contributed by atoms with van der Waals surface area (Å²) in [5, 5.41) is 2.40. The molecule has 0 aliphatic carbocycles. The number of ether oxygens (including phenoxy) is 1. The van der Waals surface area contributed by atoms with Gasteiger partial charge in [0, 0.05) is 23.5 Å². The lowest BCUT2D eigenvalue weighted by Gasteiger charge is -2.13. The van der Waals surface area contributed by atoms with Crippen molar-refractivity contribution in [1.29, 1.82) is 0 Å². The molecule has 1 heterocycles. The lowest BCUT2D eigenvalue weighted by atomic mass is 10.1. The highest BCUT2D eigenvalue weighted by Gasteiger charge is 2.24. The maximum atomic E-state index is 11.7. The summed E-state index contributed by atoms with van der Waals surface area (Å²) in [6, 6.07) is 6.38. The van der Waals surface area contributed by atoms with Gasteiger partial charge in [0.2, 0.25) is 0 Å². The molecule has 0 atom stereocenters. The van der Waals surface area contributed by atoms with Crippen molar-refractivity contribution < 1.29 is 23.9 Å². The van der Waals surface area contributed by atoms with Gasteiger partial charge in [0.15, 0.2) is 12.4 Å². The fourth-order valence-corrected chi connectivity index (χ4v) is 2.73. The molecule has 2 amide bonds. The minimum absolute atomic E-state index is 0.0635. The number of nitrogens with zero attached hydrogens (tertiary/aromatic N) is 1. The van der Waals surface area contributed by atoms with Gasteiger partial charge in [0.25, 0.3) is 11.1 Å². The quantitative estimate of drug-likeness (QED) is 0.626. The van der Waals surface area contributed by atoms with Crippen molar-refractivity contribution >= 4 is 40.3 Å². The second-order valence-corrected chi connectivity index (χ2v) is 5.92. The summed E-state index contributed by atoms with van der Waals surface area (Å²) in [6.45, 7) is 1.39. The zero-order valence-electron chi connectivity index (χ0n) is 12.5. The zero-order valence-corrected chi connectivity index (χ0v) is 13.4. The molecule has 23 heavy (non-hydrogen) atoms. The fraction of sp³-hybridized carbons (Fsp3) is 0.333. The van der Waals surface area contributed by atoms with Crippen LogP contribution in [0, 0.1) is 0 Å². The Hall–Kier alpha value is -2.35. The van der Waals surface area contributed by atoms with Gasteiger partial charge >= 0.3 is 5.97 Å². The van der Waals surface area contributed by atoms with Crippen LogP contribution in [0.15, 0.2) is 24.3 Å². The number of carbonyl (C=O) groups is 4. The summed E-state index contributed by atoms with van der Waals surface area (Å²) in [5.41, 5.74) is 1.05. The molecule has 7 nitrogen and oxygen atoms in total. The van der Waals surface area contributed by atoms with Crippen molar-refractivity contribution in [2.24, 2.45) is 0 Å². The molecule has 0 spiro atoms.